The van der Waals surface area contributed by atoms with Crippen molar-refractivity contribution in [1.29, 1.82) is 0 Å². The molecule has 5 rings (SSSR count). The van der Waals surface area contributed by atoms with Crippen LogP contribution in [0.1, 0.15) is 21.6 Å². The van der Waals surface area contributed by atoms with E-state index in [-0.39, 0.29) is 29.0 Å². The molecule has 0 unspecified atom stereocenters. The van der Waals surface area contributed by atoms with Crippen LogP contribution in [0.2, 0.25) is 5.02 Å². The van der Waals surface area contributed by atoms with Crippen molar-refractivity contribution in [1.82, 2.24) is 4.57 Å². The Balaban J connectivity index is 1.38. The van der Waals surface area contributed by atoms with E-state index in [2.05, 4.69) is 4.90 Å². The van der Waals surface area contributed by atoms with Gasteiger partial charge in [0.05, 0.1) is 41.9 Å². The lowest BCUT2D eigenvalue weighted by molar-refractivity contribution is -0.136. The van der Waals surface area contributed by atoms with E-state index in [1.54, 1.807) is 43.3 Å². The smallest absolute Gasteiger partial charge is 0.307 e. The van der Waals surface area contributed by atoms with E-state index < -0.39 is 5.97 Å². The molecule has 0 spiro atoms. The Morgan fingerprint density at radius 2 is 1.87 bits per heavy atom. The van der Waals surface area contributed by atoms with Gasteiger partial charge < -0.3 is 24.2 Å². The van der Waals surface area contributed by atoms with Crippen molar-refractivity contribution in [2.24, 2.45) is 0 Å². The van der Waals surface area contributed by atoms with Crippen LogP contribution in [0.3, 0.4) is 0 Å². The number of carboxylic acid groups (broad SMARTS) is 1. The van der Waals surface area contributed by atoms with Crippen LogP contribution in [0.5, 0.6) is 17.2 Å². The molecule has 0 amide bonds. The van der Waals surface area contributed by atoms with Crippen LogP contribution in [0.15, 0.2) is 60.7 Å². The zero-order chi connectivity index (χ0) is 27.0. The SMILES string of the molecule is COc1ccc2c(c1)c(CC(=O)O)c(C)n2C(=O)c1ccc(OC[C@@H]2CN(C)c3ccccc3O2)cc1Cl. The van der Waals surface area contributed by atoms with Gasteiger partial charge in [0.15, 0.2) is 0 Å². The lowest BCUT2D eigenvalue weighted by Crippen LogP contribution is -2.41. The minimum Gasteiger partial charge on any atom is -0.497 e. The number of carboxylic acids is 1. The highest BCUT2D eigenvalue weighted by atomic mass is 35.5. The summed E-state index contributed by atoms with van der Waals surface area (Å²) in [6.45, 7) is 2.71. The van der Waals surface area contributed by atoms with E-state index in [1.807, 2.05) is 31.3 Å². The lowest BCUT2D eigenvalue weighted by Gasteiger charge is -2.33. The highest BCUT2D eigenvalue weighted by Crippen LogP contribution is 2.34. The van der Waals surface area contributed by atoms with Crippen LogP contribution < -0.4 is 19.1 Å². The molecule has 3 aromatic carbocycles. The second-order valence-corrected chi connectivity index (χ2v) is 9.61. The Labute approximate surface area is 224 Å². The summed E-state index contributed by atoms with van der Waals surface area (Å²) in [6.07, 6.45) is -0.396. The average Bonchev–Trinajstić information content (AvgIpc) is 3.17. The van der Waals surface area contributed by atoms with Gasteiger partial charge in [-0.05, 0) is 61.0 Å². The first-order chi connectivity index (χ1) is 18.3. The molecule has 1 aliphatic rings. The molecule has 0 saturated carbocycles. The highest BCUT2D eigenvalue weighted by molar-refractivity contribution is 6.34. The third-order valence-corrected chi connectivity index (χ3v) is 7.04. The number of likely N-dealkylation sites (N-methyl/N-ethyl adjacent to an activating group) is 1. The number of aliphatic carboxylic acids is 1. The number of carbonyl (C=O) groups is 2. The largest absolute Gasteiger partial charge is 0.497 e. The fraction of sp³-hybridized carbons (Fsp3) is 0.241. The number of fused-ring (bicyclic) bond motifs is 2. The number of carbonyl (C=O) groups excluding carboxylic acids is 1. The minimum absolute atomic E-state index is 0.173. The standard InChI is InChI=1S/C29H27ClN2O6/c1-17-22(14-28(33)34)23-12-18(36-3)9-11-25(23)32(17)29(35)21-10-8-19(13-24(21)30)37-16-20-15-31(2)26-6-4-5-7-27(26)38-20/h4-13,20H,14-16H2,1-3H3,(H,33,34)/t20-/m0/s1. The van der Waals surface area contributed by atoms with Crippen molar-refractivity contribution >= 4 is 40.1 Å². The number of benzene rings is 3. The van der Waals surface area contributed by atoms with E-state index in [9.17, 15) is 14.7 Å². The summed E-state index contributed by atoms with van der Waals surface area (Å²) in [7, 11) is 3.55. The van der Waals surface area contributed by atoms with Gasteiger partial charge in [0.2, 0.25) is 0 Å². The number of para-hydroxylation sites is 2. The maximum atomic E-state index is 13.7. The first kappa shape index (κ1) is 25.5. The van der Waals surface area contributed by atoms with E-state index in [4.69, 9.17) is 25.8 Å². The maximum Gasteiger partial charge on any atom is 0.307 e. The molecule has 1 aromatic heterocycles. The molecule has 0 aliphatic carbocycles. The van der Waals surface area contributed by atoms with Crippen LogP contribution in [-0.2, 0) is 11.2 Å². The quantitative estimate of drug-likeness (QED) is 0.348. The highest BCUT2D eigenvalue weighted by Gasteiger charge is 2.25. The first-order valence-corrected chi connectivity index (χ1v) is 12.5. The number of halogens is 1. The molecule has 1 aliphatic heterocycles. The Bertz CT molecular complexity index is 1550. The van der Waals surface area contributed by atoms with Gasteiger partial charge >= 0.3 is 5.97 Å². The molecule has 8 nitrogen and oxygen atoms in total. The van der Waals surface area contributed by atoms with Crippen LogP contribution in [0.25, 0.3) is 10.9 Å². The number of nitrogens with zero attached hydrogens (tertiary/aromatic N) is 2. The van der Waals surface area contributed by atoms with Gasteiger partial charge in [-0.3, -0.25) is 14.2 Å². The van der Waals surface area contributed by atoms with Gasteiger partial charge in [-0.1, -0.05) is 23.7 Å². The normalized spacial score (nSPS) is 14.6. The predicted molar refractivity (Wildman–Crippen MR) is 145 cm³/mol. The van der Waals surface area contributed by atoms with Crippen molar-refractivity contribution in [3.8, 4) is 17.2 Å². The molecular formula is C29H27ClN2O6. The van der Waals surface area contributed by atoms with Gasteiger partial charge in [-0.15, -0.1) is 0 Å². The average molecular weight is 535 g/mol. The van der Waals surface area contributed by atoms with Gasteiger partial charge in [0.1, 0.15) is 30.0 Å². The molecule has 1 atom stereocenters. The minimum atomic E-state index is -0.987. The summed E-state index contributed by atoms with van der Waals surface area (Å²) in [6, 6.07) is 18.0. The van der Waals surface area contributed by atoms with E-state index >= 15 is 0 Å². The summed E-state index contributed by atoms with van der Waals surface area (Å²) >= 11 is 6.56. The Morgan fingerprint density at radius 3 is 2.61 bits per heavy atom. The Kier molecular flexibility index (Phi) is 6.91. The summed E-state index contributed by atoms with van der Waals surface area (Å²) < 4.78 is 18.8. The van der Waals surface area contributed by atoms with Crippen molar-refractivity contribution in [3.63, 3.8) is 0 Å². The zero-order valence-electron chi connectivity index (χ0n) is 21.2. The monoisotopic (exact) mass is 534 g/mol. The van der Waals surface area contributed by atoms with Crippen molar-refractivity contribution in [3.05, 3.63) is 82.5 Å². The molecule has 38 heavy (non-hydrogen) atoms. The van der Waals surface area contributed by atoms with E-state index in [0.717, 1.165) is 11.4 Å². The van der Waals surface area contributed by atoms with Gasteiger partial charge in [-0.2, -0.15) is 0 Å². The lowest BCUT2D eigenvalue weighted by atomic mass is 10.1. The number of aromatic nitrogens is 1. The molecule has 1 N–H and O–H groups in total. The molecule has 196 valence electrons. The third kappa shape index (κ3) is 4.75. The zero-order valence-corrected chi connectivity index (χ0v) is 22.0. The van der Waals surface area contributed by atoms with Crippen LogP contribution in [0, 0.1) is 6.92 Å². The van der Waals surface area contributed by atoms with E-state index in [0.29, 0.717) is 46.8 Å². The number of ether oxygens (including phenoxy) is 3. The molecule has 0 fully saturated rings. The Morgan fingerprint density at radius 1 is 1.11 bits per heavy atom. The van der Waals surface area contributed by atoms with Gasteiger partial charge in [0, 0.05) is 18.1 Å². The van der Waals surface area contributed by atoms with Gasteiger partial charge in [-0.25, -0.2) is 0 Å². The summed E-state index contributed by atoms with van der Waals surface area (Å²) in [5, 5.41) is 10.3. The number of anilines is 1. The van der Waals surface area contributed by atoms with Crippen molar-refractivity contribution in [2.75, 3.05) is 32.2 Å². The van der Waals surface area contributed by atoms with Crippen molar-refractivity contribution < 1.29 is 28.9 Å². The molecule has 2 heterocycles. The number of hydrogen-bond donors (Lipinski definition) is 1. The topological polar surface area (TPSA) is 90.2 Å². The first-order valence-electron chi connectivity index (χ1n) is 12.1. The Hall–Kier alpha value is -4.17. The third-order valence-electron chi connectivity index (χ3n) is 6.73. The second kappa shape index (κ2) is 10.3. The molecule has 0 radical (unpaired) electrons. The molecule has 9 heteroatoms. The predicted octanol–water partition coefficient (Wildman–Crippen LogP) is 5.20. The van der Waals surface area contributed by atoms with Crippen LogP contribution >= 0.6 is 11.6 Å². The number of hydrogen-bond acceptors (Lipinski definition) is 6. The summed E-state index contributed by atoms with van der Waals surface area (Å²) in [5.74, 6) is 0.549. The fourth-order valence-corrected chi connectivity index (χ4v) is 5.13. The molecule has 4 aromatic rings. The number of rotatable bonds is 7. The fourth-order valence-electron chi connectivity index (χ4n) is 4.87. The maximum absolute atomic E-state index is 13.7. The van der Waals surface area contributed by atoms with Gasteiger partial charge in [0.25, 0.3) is 5.91 Å². The van der Waals surface area contributed by atoms with Crippen LogP contribution in [0.4, 0.5) is 5.69 Å². The molecular weight excluding hydrogens is 508 g/mol. The number of methoxy groups -OCH3 is 1. The molecule has 0 bridgehead atoms. The van der Waals surface area contributed by atoms with E-state index in [1.165, 1.54) is 11.7 Å². The second-order valence-electron chi connectivity index (χ2n) is 9.20. The summed E-state index contributed by atoms with van der Waals surface area (Å²) in [4.78, 5) is 27.3. The van der Waals surface area contributed by atoms with Crippen LogP contribution in [-0.4, -0.2) is 55.0 Å². The summed E-state index contributed by atoms with van der Waals surface area (Å²) in [5.41, 5.74) is 2.98. The molecule has 0 saturated heterocycles. The van der Waals surface area contributed by atoms with Crippen molar-refractivity contribution in [2.45, 2.75) is 19.4 Å².